The molecule has 3 heterocycles. The molecule has 0 saturated carbocycles. The van der Waals surface area contributed by atoms with E-state index in [2.05, 4.69) is 30.7 Å². The van der Waals surface area contributed by atoms with E-state index in [0.29, 0.717) is 22.4 Å². The fraction of sp³-hybridized carbons (Fsp3) is 0.150. The van der Waals surface area contributed by atoms with Crippen LogP contribution in [0.2, 0.25) is 5.02 Å². The second-order valence-corrected chi connectivity index (χ2v) is 6.91. The monoisotopic (exact) mass is 423 g/mol. The molecule has 4 aromatic rings. The van der Waals surface area contributed by atoms with Crippen LogP contribution in [0.15, 0.2) is 53.4 Å². The first kappa shape index (κ1) is 19.6. The number of nitrogens with zero attached hydrogens (tertiary/aromatic N) is 5. The van der Waals surface area contributed by atoms with E-state index >= 15 is 0 Å². The summed E-state index contributed by atoms with van der Waals surface area (Å²) >= 11 is 6.11. The first-order valence-corrected chi connectivity index (χ1v) is 9.45. The van der Waals surface area contributed by atoms with Crippen molar-refractivity contribution in [3.63, 3.8) is 0 Å². The lowest BCUT2D eigenvalue weighted by Gasteiger charge is -2.07. The van der Waals surface area contributed by atoms with Gasteiger partial charge in [0.05, 0.1) is 6.20 Å². The lowest BCUT2D eigenvalue weighted by Crippen LogP contribution is -2.23. The first-order chi connectivity index (χ1) is 14.5. The van der Waals surface area contributed by atoms with E-state index < -0.39 is 5.91 Å². The maximum absolute atomic E-state index is 12.4. The fourth-order valence-electron chi connectivity index (χ4n) is 2.75. The molecule has 0 unspecified atom stereocenters. The largest absolute Gasteiger partial charge is 0.440 e. The Morgan fingerprint density at radius 3 is 2.83 bits per heavy atom. The van der Waals surface area contributed by atoms with Crippen molar-refractivity contribution >= 4 is 29.3 Å². The number of aryl methyl sites for hydroxylation is 2. The summed E-state index contributed by atoms with van der Waals surface area (Å²) in [4.78, 5) is 25.5. The SMILES string of the molecule is Cc1cnc(Nc2ccnn2C)nc1-c1coc(C(=O)NCc2ccccc2Cl)n1. The Balaban J connectivity index is 1.50. The predicted octanol–water partition coefficient (Wildman–Crippen LogP) is 3.50. The van der Waals surface area contributed by atoms with Crippen LogP contribution in [0.25, 0.3) is 11.4 Å². The molecule has 0 aliphatic rings. The van der Waals surface area contributed by atoms with Crippen LogP contribution in [-0.4, -0.2) is 30.6 Å². The minimum Gasteiger partial charge on any atom is -0.440 e. The molecule has 4 rings (SSSR count). The predicted molar refractivity (Wildman–Crippen MR) is 111 cm³/mol. The van der Waals surface area contributed by atoms with Gasteiger partial charge in [-0.15, -0.1) is 0 Å². The van der Waals surface area contributed by atoms with E-state index in [9.17, 15) is 4.79 Å². The Hall–Kier alpha value is -3.72. The van der Waals surface area contributed by atoms with E-state index in [1.54, 1.807) is 29.2 Å². The molecule has 0 radical (unpaired) electrons. The molecule has 0 spiro atoms. The average Bonchev–Trinajstić information content (AvgIpc) is 3.38. The average molecular weight is 424 g/mol. The minimum atomic E-state index is -0.443. The first-order valence-electron chi connectivity index (χ1n) is 9.07. The number of benzene rings is 1. The molecule has 0 aliphatic heterocycles. The van der Waals surface area contributed by atoms with Gasteiger partial charge in [0, 0.05) is 30.9 Å². The van der Waals surface area contributed by atoms with Gasteiger partial charge in [-0.1, -0.05) is 29.8 Å². The van der Waals surface area contributed by atoms with Gasteiger partial charge in [-0.3, -0.25) is 9.48 Å². The van der Waals surface area contributed by atoms with Gasteiger partial charge in [0.2, 0.25) is 5.95 Å². The van der Waals surface area contributed by atoms with Crippen LogP contribution in [0.3, 0.4) is 0 Å². The van der Waals surface area contributed by atoms with Gasteiger partial charge in [0.15, 0.2) is 0 Å². The number of halogens is 1. The van der Waals surface area contributed by atoms with Crippen LogP contribution in [0, 0.1) is 6.92 Å². The van der Waals surface area contributed by atoms with Crippen molar-refractivity contribution in [2.75, 3.05) is 5.32 Å². The molecule has 10 heteroatoms. The van der Waals surface area contributed by atoms with E-state index in [4.69, 9.17) is 16.0 Å². The van der Waals surface area contributed by atoms with Crippen LogP contribution in [0.1, 0.15) is 21.8 Å². The third-order valence-electron chi connectivity index (χ3n) is 4.37. The smallest absolute Gasteiger partial charge is 0.307 e. The molecule has 0 atom stereocenters. The highest BCUT2D eigenvalue weighted by atomic mass is 35.5. The zero-order chi connectivity index (χ0) is 21.1. The molecule has 3 aromatic heterocycles. The molecule has 152 valence electrons. The van der Waals surface area contributed by atoms with Gasteiger partial charge >= 0.3 is 5.91 Å². The minimum absolute atomic E-state index is 0.0591. The van der Waals surface area contributed by atoms with Gasteiger partial charge in [-0.2, -0.15) is 5.10 Å². The number of anilines is 2. The number of aromatic nitrogens is 5. The van der Waals surface area contributed by atoms with E-state index in [1.807, 2.05) is 32.2 Å². The summed E-state index contributed by atoms with van der Waals surface area (Å²) in [5.74, 6) is 0.619. The molecule has 2 N–H and O–H groups in total. The van der Waals surface area contributed by atoms with Crippen molar-refractivity contribution < 1.29 is 9.21 Å². The molecule has 0 saturated heterocycles. The Morgan fingerprint density at radius 1 is 1.23 bits per heavy atom. The number of oxazole rings is 1. The van der Waals surface area contributed by atoms with Crippen molar-refractivity contribution in [1.29, 1.82) is 0 Å². The van der Waals surface area contributed by atoms with Gasteiger partial charge in [-0.05, 0) is 24.1 Å². The van der Waals surface area contributed by atoms with Crippen molar-refractivity contribution in [2.45, 2.75) is 13.5 Å². The van der Waals surface area contributed by atoms with Gasteiger partial charge < -0.3 is 15.1 Å². The fourth-order valence-corrected chi connectivity index (χ4v) is 2.95. The Bertz CT molecular complexity index is 1200. The van der Waals surface area contributed by atoms with Gasteiger partial charge in [0.1, 0.15) is 23.5 Å². The number of hydrogen-bond donors (Lipinski definition) is 2. The number of carbonyl (C=O) groups excluding carboxylic acids is 1. The van der Waals surface area contributed by atoms with Crippen LogP contribution in [0.5, 0.6) is 0 Å². The summed E-state index contributed by atoms with van der Waals surface area (Å²) in [5.41, 5.74) is 2.59. The van der Waals surface area contributed by atoms with Gasteiger partial charge in [-0.25, -0.2) is 15.0 Å². The molecule has 0 aliphatic carbocycles. The molecule has 1 aromatic carbocycles. The van der Waals surface area contributed by atoms with Crippen molar-refractivity contribution in [1.82, 2.24) is 30.0 Å². The number of amides is 1. The number of hydrogen-bond acceptors (Lipinski definition) is 7. The summed E-state index contributed by atoms with van der Waals surface area (Å²) in [6, 6.07) is 9.09. The molecule has 9 nitrogen and oxygen atoms in total. The summed E-state index contributed by atoms with van der Waals surface area (Å²) in [5, 5.41) is 10.5. The normalized spacial score (nSPS) is 10.8. The third kappa shape index (κ3) is 4.15. The van der Waals surface area contributed by atoms with Crippen molar-refractivity contribution in [3.05, 3.63) is 71.0 Å². The summed E-state index contributed by atoms with van der Waals surface area (Å²) in [6.07, 6.45) is 4.74. The zero-order valence-electron chi connectivity index (χ0n) is 16.3. The molecule has 0 bridgehead atoms. The lowest BCUT2D eigenvalue weighted by molar-refractivity contribution is 0.0916. The molecular weight excluding hydrogens is 406 g/mol. The quantitative estimate of drug-likeness (QED) is 0.488. The van der Waals surface area contributed by atoms with Crippen molar-refractivity contribution in [3.8, 4) is 11.4 Å². The topological polar surface area (TPSA) is 111 Å². The standard InChI is InChI=1S/C20H18ClN7O2/c1-12-9-23-20(26-16-7-8-24-28(16)2)27-17(12)15-11-30-19(25-15)18(29)22-10-13-5-3-4-6-14(13)21/h3-9,11H,10H2,1-2H3,(H,22,29)(H,23,26,27). The Labute approximate surface area is 177 Å². The highest BCUT2D eigenvalue weighted by Gasteiger charge is 2.17. The van der Waals surface area contributed by atoms with E-state index in [-0.39, 0.29) is 12.4 Å². The molecule has 30 heavy (non-hydrogen) atoms. The molecule has 0 fully saturated rings. The maximum Gasteiger partial charge on any atom is 0.307 e. The highest BCUT2D eigenvalue weighted by molar-refractivity contribution is 6.31. The molecular formula is C20H18ClN7O2. The van der Waals surface area contributed by atoms with Crippen LogP contribution in [0.4, 0.5) is 11.8 Å². The third-order valence-corrected chi connectivity index (χ3v) is 4.74. The number of nitrogens with one attached hydrogen (secondary N) is 2. The van der Waals surface area contributed by atoms with Gasteiger partial charge in [0.25, 0.3) is 5.89 Å². The number of rotatable bonds is 6. The van der Waals surface area contributed by atoms with E-state index in [0.717, 1.165) is 16.9 Å². The second kappa shape index (κ2) is 8.34. The summed E-state index contributed by atoms with van der Waals surface area (Å²) in [7, 11) is 1.81. The van der Waals surface area contributed by atoms with Crippen LogP contribution >= 0.6 is 11.6 Å². The lowest BCUT2D eigenvalue weighted by atomic mass is 10.2. The van der Waals surface area contributed by atoms with Crippen molar-refractivity contribution in [2.24, 2.45) is 7.05 Å². The number of carbonyl (C=O) groups is 1. The summed E-state index contributed by atoms with van der Waals surface area (Å²) < 4.78 is 7.04. The Morgan fingerprint density at radius 2 is 2.07 bits per heavy atom. The molecule has 1 amide bonds. The summed E-state index contributed by atoms with van der Waals surface area (Å²) in [6.45, 7) is 2.12. The highest BCUT2D eigenvalue weighted by Crippen LogP contribution is 2.22. The van der Waals surface area contributed by atoms with Crippen LogP contribution < -0.4 is 10.6 Å². The van der Waals surface area contributed by atoms with E-state index in [1.165, 1.54) is 6.26 Å². The maximum atomic E-state index is 12.4. The Kier molecular flexibility index (Phi) is 5.44. The zero-order valence-corrected chi connectivity index (χ0v) is 17.0. The van der Waals surface area contributed by atoms with Crippen LogP contribution in [-0.2, 0) is 13.6 Å². The second-order valence-electron chi connectivity index (χ2n) is 6.50.